The third-order valence-electron chi connectivity index (χ3n) is 5.03. The van der Waals surface area contributed by atoms with Crippen LogP contribution in [0.3, 0.4) is 0 Å². The Morgan fingerprint density at radius 2 is 1.97 bits per heavy atom. The molecule has 7 heteroatoms. The number of halogens is 1. The maximum atomic E-state index is 11.6. The van der Waals surface area contributed by atoms with Gasteiger partial charge in [0.15, 0.2) is 0 Å². The van der Waals surface area contributed by atoms with Crippen LogP contribution in [0.15, 0.2) is 76.4 Å². The molecule has 0 fully saturated rings. The minimum atomic E-state index is -0.138. The van der Waals surface area contributed by atoms with Crippen molar-refractivity contribution in [1.82, 2.24) is 9.55 Å². The summed E-state index contributed by atoms with van der Waals surface area (Å²) in [7, 11) is 1.58. The molecular formula is C28H31ClN4O2. The molecule has 0 bridgehead atoms. The lowest BCUT2D eigenvalue weighted by molar-refractivity contribution is 0.413. The van der Waals surface area contributed by atoms with Crippen LogP contribution in [0.25, 0.3) is 5.82 Å². The van der Waals surface area contributed by atoms with E-state index in [-0.39, 0.29) is 5.56 Å². The lowest BCUT2D eigenvalue weighted by atomic mass is 10.0. The molecule has 3 rings (SSSR count). The molecule has 1 aromatic carbocycles. The molecule has 35 heavy (non-hydrogen) atoms. The largest absolute Gasteiger partial charge is 0.495 e. The Labute approximate surface area is 212 Å². The van der Waals surface area contributed by atoms with E-state index in [4.69, 9.17) is 21.6 Å². The second kappa shape index (κ2) is 14.5. The number of methoxy groups -OCH3 is 1. The molecule has 2 heterocycles. The summed E-state index contributed by atoms with van der Waals surface area (Å²) in [6, 6.07) is 14.5. The van der Waals surface area contributed by atoms with Crippen LogP contribution in [0, 0.1) is 11.3 Å². The van der Waals surface area contributed by atoms with Crippen molar-refractivity contribution < 1.29 is 4.74 Å². The minimum absolute atomic E-state index is 0.138. The second-order valence-corrected chi connectivity index (χ2v) is 8.29. The summed E-state index contributed by atoms with van der Waals surface area (Å²) >= 11 is 5.84. The highest BCUT2D eigenvalue weighted by atomic mass is 35.5. The molecular weight excluding hydrogens is 460 g/mol. The van der Waals surface area contributed by atoms with Crippen LogP contribution in [-0.4, -0.2) is 22.9 Å². The van der Waals surface area contributed by atoms with Gasteiger partial charge in [0.05, 0.1) is 17.7 Å². The molecule has 6 nitrogen and oxygen atoms in total. The Kier molecular flexibility index (Phi) is 11.5. The summed E-state index contributed by atoms with van der Waals surface area (Å²) in [5, 5.41) is 9.44. The predicted molar refractivity (Wildman–Crippen MR) is 143 cm³/mol. The molecule has 0 saturated carbocycles. The first kappa shape index (κ1) is 27.6. The standard InChI is InChI=1S/C16H20N2O.C12H11ClN2O/c1-4-5-8-18-12-13(2)9-14-6-7-15(11-17)16(10-14)19-3;1-2-9-3-5-11(14-7-9)15-8-10(13)4-6-12(15)16/h6-8,10,12H,4-5,9H2,1-3H3;3-8H,2H2,1H3/b13-12+,18-8?;. The highest BCUT2D eigenvalue weighted by Gasteiger charge is 2.04. The molecule has 0 aliphatic rings. The van der Waals surface area contributed by atoms with Crippen LogP contribution in [0.1, 0.15) is 50.3 Å². The summed E-state index contributed by atoms with van der Waals surface area (Å²) in [6.07, 6.45) is 11.0. The first-order chi connectivity index (χ1) is 16.9. The monoisotopic (exact) mass is 490 g/mol. The number of aliphatic imine (C=N–C) groups is 1. The summed E-state index contributed by atoms with van der Waals surface area (Å²) in [4.78, 5) is 20.1. The minimum Gasteiger partial charge on any atom is -0.495 e. The molecule has 0 atom stereocenters. The van der Waals surface area contributed by atoms with Crippen molar-refractivity contribution in [1.29, 1.82) is 5.26 Å². The van der Waals surface area contributed by atoms with Gasteiger partial charge in [-0.15, -0.1) is 0 Å². The van der Waals surface area contributed by atoms with Crippen molar-refractivity contribution >= 4 is 17.8 Å². The van der Waals surface area contributed by atoms with E-state index in [2.05, 4.69) is 29.9 Å². The molecule has 3 aromatic rings. The zero-order valence-electron chi connectivity index (χ0n) is 20.7. The van der Waals surface area contributed by atoms with Gasteiger partial charge in [-0.25, -0.2) is 4.98 Å². The van der Waals surface area contributed by atoms with Gasteiger partial charge >= 0.3 is 0 Å². The number of benzene rings is 1. The highest BCUT2D eigenvalue weighted by molar-refractivity contribution is 6.30. The van der Waals surface area contributed by atoms with E-state index < -0.39 is 0 Å². The van der Waals surface area contributed by atoms with Crippen LogP contribution >= 0.6 is 11.6 Å². The number of pyridine rings is 2. The smallest absolute Gasteiger partial charge is 0.256 e. The lowest BCUT2D eigenvalue weighted by Crippen LogP contribution is -2.17. The number of nitrogens with zero attached hydrogens (tertiary/aromatic N) is 4. The number of allylic oxidation sites excluding steroid dienone is 1. The van der Waals surface area contributed by atoms with Crippen LogP contribution < -0.4 is 10.3 Å². The van der Waals surface area contributed by atoms with Crippen molar-refractivity contribution in [3.05, 3.63) is 98.7 Å². The quantitative estimate of drug-likeness (QED) is 0.345. The maximum absolute atomic E-state index is 11.6. The predicted octanol–water partition coefficient (Wildman–Crippen LogP) is 6.33. The fourth-order valence-corrected chi connectivity index (χ4v) is 3.26. The fraction of sp³-hybridized carbons (Fsp3) is 0.286. The molecule has 0 unspecified atom stereocenters. The van der Waals surface area contributed by atoms with Crippen LogP contribution in [0.2, 0.25) is 5.02 Å². The van der Waals surface area contributed by atoms with Crippen molar-refractivity contribution in [3.63, 3.8) is 0 Å². The van der Waals surface area contributed by atoms with Gasteiger partial charge in [0.25, 0.3) is 5.56 Å². The Balaban J connectivity index is 0.000000250. The Morgan fingerprint density at radius 3 is 2.60 bits per heavy atom. The number of unbranched alkanes of at least 4 members (excludes halogenated alkanes) is 1. The van der Waals surface area contributed by atoms with Gasteiger partial charge in [-0.1, -0.05) is 49.6 Å². The Morgan fingerprint density at radius 1 is 1.20 bits per heavy atom. The molecule has 0 amide bonds. The van der Waals surface area contributed by atoms with E-state index >= 15 is 0 Å². The molecule has 0 N–H and O–H groups in total. The Bertz CT molecular complexity index is 1260. The third kappa shape index (κ3) is 8.88. The summed E-state index contributed by atoms with van der Waals surface area (Å²) in [5.74, 6) is 1.21. The zero-order valence-corrected chi connectivity index (χ0v) is 21.4. The summed E-state index contributed by atoms with van der Waals surface area (Å²) in [5.41, 5.74) is 3.86. The molecule has 0 saturated heterocycles. The van der Waals surface area contributed by atoms with Crippen LogP contribution in [-0.2, 0) is 12.8 Å². The van der Waals surface area contributed by atoms with Gasteiger partial charge in [-0.05, 0) is 61.6 Å². The van der Waals surface area contributed by atoms with E-state index in [1.165, 1.54) is 16.2 Å². The number of ether oxygens (including phenoxy) is 1. The first-order valence-electron chi connectivity index (χ1n) is 11.5. The van der Waals surface area contributed by atoms with E-state index in [0.29, 0.717) is 22.2 Å². The van der Waals surface area contributed by atoms with E-state index in [1.54, 1.807) is 31.6 Å². The van der Waals surface area contributed by atoms with Gasteiger partial charge in [0.2, 0.25) is 0 Å². The highest BCUT2D eigenvalue weighted by Crippen LogP contribution is 2.21. The molecule has 182 valence electrons. The molecule has 2 aromatic heterocycles. The number of rotatable bonds is 8. The number of hydrogen-bond acceptors (Lipinski definition) is 5. The topological polar surface area (TPSA) is 80.3 Å². The average Bonchev–Trinajstić information content (AvgIpc) is 2.88. The van der Waals surface area contributed by atoms with Gasteiger partial charge in [-0.3, -0.25) is 14.4 Å². The fourth-order valence-electron chi connectivity index (χ4n) is 3.10. The zero-order chi connectivity index (χ0) is 25.6. The average molecular weight is 491 g/mol. The molecule has 0 radical (unpaired) electrons. The van der Waals surface area contributed by atoms with E-state index in [0.717, 1.165) is 36.8 Å². The van der Waals surface area contributed by atoms with Crippen molar-refractivity contribution in [2.24, 2.45) is 4.99 Å². The number of aryl methyl sites for hydroxylation is 1. The molecule has 0 spiro atoms. The Hall–Kier alpha value is -3.69. The van der Waals surface area contributed by atoms with Crippen molar-refractivity contribution in [3.8, 4) is 17.6 Å². The van der Waals surface area contributed by atoms with Crippen LogP contribution in [0.4, 0.5) is 0 Å². The molecule has 0 aliphatic carbocycles. The SMILES string of the molecule is CCCC=N/C=C(\C)Cc1ccc(C#N)c(OC)c1.CCc1ccc(-n2cc(Cl)ccc2=O)nc1. The number of hydrogen-bond donors (Lipinski definition) is 0. The summed E-state index contributed by atoms with van der Waals surface area (Å²) < 4.78 is 6.63. The number of aromatic nitrogens is 2. The van der Waals surface area contributed by atoms with Crippen LogP contribution in [0.5, 0.6) is 5.75 Å². The third-order valence-corrected chi connectivity index (χ3v) is 5.25. The van der Waals surface area contributed by atoms with Gasteiger partial charge < -0.3 is 4.74 Å². The summed E-state index contributed by atoms with van der Waals surface area (Å²) in [6.45, 7) is 6.24. The van der Waals surface area contributed by atoms with Crippen molar-refractivity contribution in [2.45, 2.75) is 46.5 Å². The lowest BCUT2D eigenvalue weighted by Gasteiger charge is -2.06. The second-order valence-electron chi connectivity index (χ2n) is 7.85. The molecule has 0 aliphatic heterocycles. The number of nitriles is 1. The van der Waals surface area contributed by atoms with E-state index in [1.807, 2.05) is 43.6 Å². The van der Waals surface area contributed by atoms with E-state index in [9.17, 15) is 4.79 Å². The maximum Gasteiger partial charge on any atom is 0.256 e. The van der Waals surface area contributed by atoms with Gasteiger partial charge in [-0.2, -0.15) is 5.26 Å². The van der Waals surface area contributed by atoms with Crippen molar-refractivity contribution in [2.75, 3.05) is 7.11 Å². The normalized spacial score (nSPS) is 11.0. The van der Waals surface area contributed by atoms with Gasteiger partial charge in [0, 0.05) is 30.9 Å². The first-order valence-corrected chi connectivity index (χ1v) is 11.9. The van der Waals surface area contributed by atoms with Gasteiger partial charge in [0.1, 0.15) is 17.6 Å².